The number of hydrogen-bond acceptors (Lipinski definition) is 3. The minimum atomic E-state index is -0.625. The van der Waals surface area contributed by atoms with E-state index in [2.05, 4.69) is 4.98 Å². The van der Waals surface area contributed by atoms with Gasteiger partial charge in [-0.2, -0.15) is 0 Å². The molecule has 0 radical (unpaired) electrons. The van der Waals surface area contributed by atoms with Crippen LogP contribution in [0.4, 0.5) is 0 Å². The van der Waals surface area contributed by atoms with E-state index in [0.717, 1.165) is 25.0 Å². The van der Waals surface area contributed by atoms with Gasteiger partial charge in [0.1, 0.15) is 5.60 Å². The van der Waals surface area contributed by atoms with Crippen molar-refractivity contribution in [1.82, 2.24) is 4.98 Å². The van der Waals surface area contributed by atoms with E-state index < -0.39 is 5.60 Å². The molecule has 1 heterocycles. The van der Waals surface area contributed by atoms with Crippen LogP contribution >= 0.6 is 11.3 Å². The minimum Gasteiger partial charge on any atom is -0.383 e. The van der Waals surface area contributed by atoms with E-state index in [-0.39, 0.29) is 0 Å². The van der Waals surface area contributed by atoms with Crippen LogP contribution in [0.15, 0.2) is 10.9 Å². The molecule has 2 rings (SSSR count). The third kappa shape index (κ3) is 1.17. The Bertz CT molecular complexity index is 256. The van der Waals surface area contributed by atoms with Crippen LogP contribution in [0.3, 0.4) is 0 Å². The SMILES string of the molecule is CCC(O)(c1cscn1)C1CC1. The van der Waals surface area contributed by atoms with Crippen molar-refractivity contribution >= 4 is 11.3 Å². The molecule has 3 heteroatoms. The fourth-order valence-electron chi connectivity index (χ4n) is 1.67. The molecule has 1 aromatic heterocycles. The summed E-state index contributed by atoms with van der Waals surface area (Å²) in [6.45, 7) is 2.03. The first kappa shape index (κ1) is 8.20. The van der Waals surface area contributed by atoms with Crippen molar-refractivity contribution in [3.8, 4) is 0 Å². The van der Waals surface area contributed by atoms with Crippen LogP contribution in [0.2, 0.25) is 0 Å². The van der Waals surface area contributed by atoms with Crippen LogP contribution in [0.1, 0.15) is 31.9 Å². The van der Waals surface area contributed by atoms with E-state index >= 15 is 0 Å². The maximum Gasteiger partial charge on any atom is 0.110 e. The Morgan fingerprint density at radius 2 is 2.50 bits per heavy atom. The van der Waals surface area contributed by atoms with Crippen molar-refractivity contribution in [3.05, 3.63) is 16.6 Å². The van der Waals surface area contributed by atoms with Crippen molar-refractivity contribution < 1.29 is 5.11 Å². The number of rotatable bonds is 3. The third-order valence-corrected chi connectivity index (χ3v) is 3.25. The Morgan fingerprint density at radius 3 is 2.92 bits per heavy atom. The fraction of sp³-hybridized carbons (Fsp3) is 0.667. The third-order valence-electron chi connectivity index (χ3n) is 2.67. The molecule has 0 bridgehead atoms. The molecule has 0 aromatic carbocycles. The van der Waals surface area contributed by atoms with Crippen molar-refractivity contribution in [3.63, 3.8) is 0 Å². The minimum absolute atomic E-state index is 0.463. The van der Waals surface area contributed by atoms with E-state index in [1.165, 1.54) is 0 Å². The number of hydrogen-bond donors (Lipinski definition) is 1. The van der Waals surface area contributed by atoms with Gasteiger partial charge in [-0.15, -0.1) is 11.3 Å². The molecule has 1 N–H and O–H groups in total. The van der Waals surface area contributed by atoms with Gasteiger partial charge in [-0.3, -0.25) is 0 Å². The lowest BCUT2D eigenvalue weighted by Crippen LogP contribution is -2.27. The molecule has 1 fully saturated rings. The quantitative estimate of drug-likeness (QED) is 0.779. The van der Waals surface area contributed by atoms with Crippen LogP contribution in [-0.2, 0) is 5.60 Å². The van der Waals surface area contributed by atoms with Gasteiger partial charge in [0.25, 0.3) is 0 Å². The molecule has 0 aliphatic heterocycles. The summed E-state index contributed by atoms with van der Waals surface area (Å²) in [5, 5.41) is 12.2. The van der Waals surface area contributed by atoms with Gasteiger partial charge in [0, 0.05) is 5.38 Å². The van der Waals surface area contributed by atoms with Gasteiger partial charge in [0.15, 0.2) is 0 Å². The van der Waals surface area contributed by atoms with Gasteiger partial charge in [-0.1, -0.05) is 6.92 Å². The molecule has 12 heavy (non-hydrogen) atoms. The summed E-state index contributed by atoms with van der Waals surface area (Å²) in [5.41, 5.74) is 2.04. The first-order valence-electron chi connectivity index (χ1n) is 4.38. The second-order valence-corrected chi connectivity index (χ2v) is 4.14. The molecule has 0 amide bonds. The van der Waals surface area contributed by atoms with Gasteiger partial charge in [-0.25, -0.2) is 4.98 Å². The number of aromatic nitrogens is 1. The summed E-state index contributed by atoms with van der Waals surface area (Å²) in [5.74, 6) is 0.463. The topological polar surface area (TPSA) is 33.1 Å². The lowest BCUT2D eigenvalue weighted by atomic mass is 9.92. The lowest BCUT2D eigenvalue weighted by Gasteiger charge is -2.24. The summed E-state index contributed by atoms with van der Waals surface area (Å²) in [4.78, 5) is 4.19. The van der Waals surface area contributed by atoms with Crippen LogP contribution in [0, 0.1) is 5.92 Å². The molecule has 1 aromatic rings. The van der Waals surface area contributed by atoms with Gasteiger partial charge in [0.2, 0.25) is 0 Å². The van der Waals surface area contributed by atoms with Crippen molar-refractivity contribution in [2.75, 3.05) is 0 Å². The summed E-state index contributed by atoms with van der Waals surface area (Å²) < 4.78 is 0. The van der Waals surface area contributed by atoms with E-state index in [4.69, 9.17) is 0 Å². The summed E-state index contributed by atoms with van der Waals surface area (Å²) in [7, 11) is 0. The van der Waals surface area contributed by atoms with E-state index in [0.29, 0.717) is 5.92 Å². The highest BCUT2D eigenvalue weighted by Gasteiger charge is 2.44. The smallest absolute Gasteiger partial charge is 0.110 e. The first-order chi connectivity index (χ1) is 5.77. The lowest BCUT2D eigenvalue weighted by molar-refractivity contribution is 0.00523. The Kier molecular flexibility index (Phi) is 1.93. The molecular weight excluding hydrogens is 170 g/mol. The Hall–Kier alpha value is -0.410. The van der Waals surface area contributed by atoms with Crippen molar-refractivity contribution in [2.24, 2.45) is 5.92 Å². The summed E-state index contributed by atoms with van der Waals surface area (Å²) in [6.07, 6.45) is 3.09. The largest absolute Gasteiger partial charge is 0.383 e. The molecule has 1 unspecified atom stereocenters. The molecule has 2 nitrogen and oxygen atoms in total. The molecular formula is C9H13NOS. The van der Waals surface area contributed by atoms with E-state index in [1.807, 2.05) is 12.3 Å². The average Bonchev–Trinajstić information content (AvgIpc) is 2.80. The highest BCUT2D eigenvalue weighted by atomic mass is 32.1. The monoisotopic (exact) mass is 183 g/mol. The van der Waals surface area contributed by atoms with Crippen LogP contribution in [-0.4, -0.2) is 10.1 Å². The average molecular weight is 183 g/mol. The Morgan fingerprint density at radius 1 is 1.75 bits per heavy atom. The molecule has 1 aliphatic carbocycles. The van der Waals surface area contributed by atoms with E-state index in [9.17, 15) is 5.11 Å². The van der Waals surface area contributed by atoms with Gasteiger partial charge >= 0.3 is 0 Å². The zero-order valence-corrected chi connectivity index (χ0v) is 7.97. The molecule has 66 valence electrons. The summed E-state index contributed by atoms with van der Waals surface area (Å²) >= 11 is 1.56. The second kappa shape index (κ2) is 2.82. The van der Waals surface area contributed by atoms with Crippen molar-refractivity contribution in [1.29, 1.82) is 0 Å². The Labute approximate surface area is 76.3 Å². The highest BCUT2D eigenvalue weighted by Crippen LogP contribution is 2.47. The zero-order chi connectivity index (χ0) is 8.60. The van der Waals surface area contributed by atoms with Crippen LogP contribution in [0.25, 0.3) is 0 Å². The van der Waals surface area contributed by atoms with Crippen LogP contribution < -0.4 is 0 Å². The maximum absolute atomic E-state index is 10.3. The summed E-state index contributed by atoms with van der Waals surface area (Å²) in [6, 6.07) is 0. The molecule has 1 aliphatic rings. The molecule has 1 atom stereocenters. The Balaban J connectivity index is 2.27. The van der Waals surface area contributed by atoms with Gasteiger partial charge < -0.3 is 5.11 Å². The predicted molar refractivity (Wildman–Crippen MR) is 49.0 cm³/mol. The van der Waals surface area contributed by atoms with Crippen molar-refractivity contribution in [2.45, 2.75) is 31.8 Å². The maximum atomic E-state index is 10.3. The molecule has 0 saturated heterocycles. The van der Waals surface area contributed by atoms with Gasteiger partial charge in [0.05, 0.1) is 11.2 Å². The standard InChI is InChI=1S/C9H13NOS/c1-2-9(11,7-3-4-7)8-5-12-6-10-8/h5-7,11H,2-4H2,1H3. The second-order valence-electron chi connectivity index (χ2n) is 3.43. The number of aliphatic hydroxyl groups is 1. The normalized spacial score (nSPS) is 22.2. The zero-order valence-electron chi connectivity index (χ0n) is 7.16. The fourth-order valence-corrected chi connectivity index (χ4v) is 2.30. The van der Waals surface area contributed by atoms with Crippen LogP contribution in [0.5, 0.6) is 0 Å². The van der Waals surface area contributed by atoms with E-state index in [1.54, 1.807) is 16.8 Å². The number of thiazole rings is 1. The highest BCUT2D eigenvalue weighted by molar-refractivity contribution is 7.07. The molecule has 0 spiro atoms. The first-order valence-corrected chi connectivity index (χ1v) is 5.32. The number of nitrogens with zero attached hydrogens (tertiary/aromatic N) is 1. The van der Waals surface area contributed by atoms with Gasteiger partial charge in [-0.05, 0) is 25.2 Å². The predicted octanol–water partition coefficient (Wildman–Crippen LogP) is 2.15. The molecule has 1 saturated carbocycles.